The molecule has 11 heteroatoms. The van der Waals surface area contributed by atoms with E-state index in [0.717, 1.165) is 22.5 Å². The Morgan fingerprint density at radius 1 is 1.04 bits per heavy atom. The maximum atomic E-state index is 12.9. The molecular formula is C17H16F3N3O4S. The lowest BCUT2D eigenvalue weighted by Gasteiger charge is -2.34. The number of benzene rings is 1. The smallest absolute Gasteiger partial charge is 0.416 e. The number of alkyl halides is 3. The number of carbonyl (C=O) groups is 1. The van der Waals surface area contributed by atoms with Crippen molar-refractivity contribution in [3.8, 4) is 0 Å². The van der Waals surface area contributed by atoms with Crippen LogP contribution in [0.2, 0.25) is 0 Å². The van der Waals surface area contributed by atoms with Gasteiger partial charge in [0.25, 0.3) is 5.91 Å². The van der Waals surface area contributed by atoms with Crippen LogP contribution in [0.4, 0.5) is 13.2 Å². The number of piperazine rings is 1. The average Bonchev–Trinajstić information content (AvgIpc) is 2.67. The lowest BCUT2D eigenvalue weighted by molar-refractivity contribution is -0.605. The third kappa shape index (κ3) is 4.09. The molecule has 1 aliphatic heterocycles. The number of rotatable bonds is 3. The van der Waals surface area contributed by atoms with Crippen molar-refractivity contribution in [2.45, 2.75) is 11.1 Å². The van der Waals surface area contributed by atoms with E-state index in [2.05, 4.69) is 0 Å². The van der Waals surface area contributed by atoms with Crippen LogP contribution in [-0.4, -0.2) is 49.7 Å². The molecule has 1 aliphatic rings. The van der Waals surface area contributed by atoms with E-state index in [1.165, 1.54) is 29.4 Å². The average molecular weight is 415 g/mol. The second-order valence-electron chi connectivity index (χ2n) is 6.17. The number of amides is 1. The van der Waals surface area contributed by atoms with Gasteiger partial charge in [0.15, 0.2) is 12.4 Å². The monoisotopic (exact) mass is 415 g/mol. The van der Waals surface area contributed by atoms with Crippen LogP contribution in [0.25, 0.3) is 0 Å². The lowest BCUT2D eigenvalue weighted by Crippen LogP contribution is -2.50. The fraction of sp³-hybridized carbons (Fsp3) is 0.294. The highest BCUT2D eigenvalue weighted by molar-refractivity contribution is 7.89. The molecule has 0 unspecified atom stereocenters. The molecule has 1 amide bonds. The highest BCUT2D eigenvalue weighted by atomic mass is 32.2. The first-order chi connectivity index (χ1) is 13.1. The Balaban J connectivity index is 1.72. The van der Waals surface area contributed by atoms with Crippen LogP contribution < -0.4 is 4.73 Å². The first kappa shape index (κ1) is 20.1. The van der Waals surface area contributed by atoms with E-state index in [9.17, 15) is 31.6 Å². The van der Waals surface area contributed by atoms with Crippen molar-refractivity contribution in [1.29, 1.82) is 0 Å². The Morgan fingerprint density at radius 2 is 1.64 bits per heavy atom. The number of carbonyl (C=O) groups excluding carboxylic acids is 1. The van der Waals surface area contributed by atoms with Gasteiger partial charge >= 0.3 is 6.18 Å². The summed E-state index contributed by atoms with van der Waals surface area (Å²) in [6.45, 7) is 0.0873. The van der Waals surface area contributed by atoms with E-state index in [0.29, 0.717) is 16.4 Å². The zero-order chi connectivity index (χ0) is 20.5. The molecule has 0 spiro atoms. The number of sulfonamides is 1. The number of hydrogen-bond donors (Lipinski definition) is 0. The first-order valence-electron chi connectivity index (χ1n) is 8.24. The highest BCUT2D eigenvalue weighted by Gasteiger charge is 2.34. The fourth-order valence-electron chi connectivity index (χ4n) is 2.85. The number of nitrogens with zero attached hydrogens (tertiary/aromatic N) is 3. The molecule has 1 saturated heterocycles. The largest absolute Gasteiger partial charge is 0.619 e. The Morgan fingerprint density at radius 3 is 2.21 bits per heavy atom. The van der Waals surface area contributed by atoms with Crippen molar-refractivity contribution in [3.63, 3.8) is 0 Å². The fourth-order valence-corrected chi connectivity index (χ4v) is 4.32. The minimum absolute atomic E-state index is 0.0429. The van der Waals surface area contributed by atoms with Gasteiger partial charge in [0.05, 0.1) is 16.0 Å². The summed E-state index contributed by atoms with van der Waals surface area (Å²) in [4.78, 5) is 13.4. The van der Waals surface area contributed by atoms with E-state index in [-0.39, 0.29) is 32.1 Å². The van der Waals surface area contributed by atoms with Gasteiger partial charge in [-0.1, -0.05) is 6.07 Å². The van der Waals surface area contributed by atoms with Gasteiger partial charge in [-0.2, -0.15) is 22.2 Å². The molecule has 3 rings (SSSR count). The van der Waals surface area contributed by atoms with Gasteiger partial charge in [-0.3, -0.25) is 4.79 Å². The molecule has 0 atom stereocenters. The maximum Gasteiger partial charge on any atom is 0.416 e. The second-order valence-corrected chi connectivity index (χ2v) is 8.11. The SMILES string of the molecule is O=C(c1cc[n+]([O-])cc1)N1CCN(S(=O)(=O)c2cccc(C(F)(F)F)c2)CC1. The predicted molar refractivity (Wildman–Crippen MR) is 91.5 cm³/mol. The normalized spacial score (nSPS) is 16.2. The van der Waals surface area contributed by atoms with Crippen LogP contribution >= 0.6 is 0 Å². The van der Waals surface area contributed by atoms with Crippen LogP contribution in [0.5, 0.6) is 0 Å². The Labute approximate surface area is 159 Å². The van der Waals surface area contributed by atoms with Crippen LogP contribution in [0.1, 0.15) is 15.9 Å². The van der Waals surface area contributed by atoms with Gasteiger partial charge in [-0.05, 0) is 18.2 Å². The molecule has 1 aromatic carbocycles. The molecule has 2 aromatic rings. The molecule has 0 radical (unpaired) electrons. The van der Waals surface area contributed by atoms with E-state index in [4.69, 9.17) is 0 Å². The van der Waals surface area contributed by atoms with Crippen molar-refractivity contribution in [2.75, 3.05) is 26.2 Å². The summed E-state index contributed by atoms with van der Waals surface area (Å²) in [7, 11) is -4.11. The van der Waals surface area contributed by atoms with Gasteiger partial charge < -0.3 is 10.1 Å². The van der Waals surface area contributed by atoms with E-state index >= 15 is 0 Å². The molecule has 150 valence electrons. The van der Waals surface area contributed by atoms with Gasteiger partial charge in [0.1, 0.15) is 0 Å². The minimum Gasteiger partial charge on any atom is -0.619 e. The van der Waals surface area contributed by atoms with Crippen molar-refractivity contribution >= 4 is 15.9 Å². The molecule has 0 aliphatic carbocycles. The molecule has 1 aromatic heterocycles. The second kappa shape index (κ2) is 7.40. The van der Waals surface area contributed by atoms with E-state index in [1.807, 2.05) is 0 Å². The molecule has 28 heavy (non-hydrogen) atoms. The molecule has 0 N–H and O–H groups in total. The summed E-state index contributed by atoms with van der Waals surface area (Å²) in [6.07, 6.45) is -2.28. The van der Waals surface area contributed by atoms with Gasteiger partial charge in [0, 0.05) is 38.3 Å². The Bertz CT molecular complexity index is 970. The van der Waals surface area contributed by atoms with Gasteiger partial charge in [0.2, 0.25) is 10.0 Å². The highest BCUT2D eigenvalue weighted by Crippen LogP contribution is 2.31. The molecule has 0 bridgehead atoms. The topological polar surface area (TPSA) is 84.6 Å². The van der Waals surface area contributed by atoms with E-state index in [1.54, 1.807) is 0 Å². The Hall–Kier alpha value is -2.66. The molecule has 2 heterocycles. The van der Waals surface area contributed by atoms with Crippen LogP contribution in [0.3, 0.4) is 0 Å². The number of pyridine rings is 1. The summed E-state index contributed by atoms with van der Waals surface area (Å²) in [5.41, 5.74) is -0.747. The summed E-state index contributed by atoms with van der Waals surface area (Å²) >= 11 is 0. The van der Waals surface area contributed by atoms with Gasteiger partial charge in [-0.15, -0.1) is 0 Å². The van der Waals surface area contributed by atoms with Crippen molar-refractivity contribution < 1.29 is 31.1 Å². The lowest BCUT2D eigenvalue weighted by atomic mass is 10.2. The molecular weight excluding hydrogens is 399 g/mol. The summed E-state index contributed by atoms with van der Waals surface area (Å²) in [5.74, 6) is -0.350. The number of halogens is 3. The third-order valence-corrected chi connectivity index (χ3v) is 6.27. The first-order valence-corrected chi connectivity index (χ1v) is 9.68. The molecule has 1 fully saturated rings. The molecule has 7 nitrogen and oxygen atoms in total. The van der Waals surface area contributed by atoms with Crippen LogP contribution in [0, 0.1) is 5.21 Å². The number of aromatic nitrogens is 1. The summed E-state index contributed by atoms with van der Waals surface area (Å²) in [6, 6.07) is 6.30. The maximum absolute atomic E-state index is 12.9. The minimum atomic E-state index is -4.64. The van der Waals surface area contributed by atoms with Crippen LogP contribution in [-0.2, 0) is 16.2 Å². The quantitative estimate of drug-likeness (QED) is 0.562. The van der Waals surface area contributed by atoms with Crippen molar-refractivity contribution in [2.24, 2.45) is 0 Å². The van der Waals surface area contributed by atoms with Crippen molar-refractivity contribution in [1.82, 2.24) is 9.21 Å². The zero-order valence-electron chi connectivity index (χ0n) is 14.5. The zero-order valence-corrected chi connectivity index (χ0v) is 15.3. The third-order valence-electron chi connectivity index (χ3n) is 4.37. The molecule has 0 saturated carbocycles. The predicted octanol–water partition coefficient (Wildman–Crippen LogP) is 1.49. The van der Waals surface area contributed by atoms with Crippen molar-refractivity contribution in [3.05, 3.63) is 65.1 Å². The van der Waals surface area contributed by atoms with Gasteiger partial charge in [-0.25, -0.2) is 8.42 Å². The Kier molecular flexibility index (Phi) is 5.31. The van der Waals surface area contributed by atoms with E-state index < -0.39 is 26.7 Å². The summed E-state index contributed by atoms with van der Waals surface area (Å²) < 4.78 is 65.5. The summed E-state index contributed by atoms with van der Waals surface area (Å²) in [5, 5.41) is 11.0. The number of hydrogen-bond acceptors (Lipinski definition) is 4. The van der Waals surface area contributed by atoms with Crippen LogP contribution in [0.15, 0.2) is 53.7 Å². The standard InChI is InChI=1S/C17H16F3N3O4S/c18-17(19,20)14-2-1-3-15(12-14)28(26,27)23-10-8-21(9-11-23)16(24)13-4-6-22(25)7-5-13/h1-7,12H,8-11H2.